The second-order valence-electron chi connectivity index (χ2n) is 12.6. The highest BCUT2D eigenvalue weighted by Crippen LogP contribution is 2.68. The maximum atomic E-state index is 10.3. The molecule has 0 spiro atoms. The normalized spacial score (nSPS) is 37.7. The Hall–Kier alpha value is -1.62. The lowest BCUT2D eigenvalue weighted by Crippen LogP contribution is -2.50. The first-order chi connectivity index (χ1) is 17.3. The molecule has 3 saturated carbocycles. The molecule has 1 heterocycles. The molecule has 4 nitrogen and oxygen atoms in total. The van der Waals surface area contributed by atoms with Crippen molar-refractivity contribution in [1.29, 1.82) is 0 Å². The van der Waals surface area contributed by atoms with Gasteiger partial charge in [-0.2, -0.15) is 5.10 Å². The molecule has 5 heteroatoms. The summed E-state index contributed by atoms with van der Waals surface area (Å²) in [7, 11) is 0. The highest BCUT2D eigenvalue weighted by Gasteiger charge is 2.59. The van der Waals surface area contributed by atoms with Gasteiger partial charge in [0.2, 0.25) is 0 Å². The second kappa shape index (κ2) is 9.29. The van der Waals surface area contributed by atoms with Crippen LogP contribution in [-0.2, 0) is 6.54 Å². The number of rotatable bonds is 5. The van der Waals surface area contributed by atoms with Gasteiger partial charge in [0.1, 0.15) is 0 Å². The maximum Gasteiger partial charge on any atom is 0.0710 e. The van der Waals surface area contributed by atoms with Crippen molar-refractivity contribution in [2.75, 3.05) is 6.54 Å². The van der Waals surface area contributed by atoms with E-state index in [1.165, 1.54) is 43.4 Å². The molecule has 6 rings (SSSR count). The van der Waals surface area contributed by atoms with E-state index in [9.17, 15) is 5.11 Å². The van der Waals surface area contributed by atoms with Crippen molar-refractivity contribution < 1.29 is 5.11 Å². The van der Waals surface area contributed by atoms with Gasteiger partial charge in [0.25, 0.3) is 0 Å². The first-order valence-electron chi connectivity index (χ1n) is 14.3. The van der Waals surface area contributed by atoms with Crippen molar-refractivity contribution in [3.05, 3.63) is 58.4 Å². The molecule has 0 unspecified atom stereocenters. The summed E-state index contributed by atoms with van der Waals surface area (Å²) in [5.41, 5.74) is 5.90. The van der Waals surface area contributed by atoms with Crippen LogP contribution in [0.15, 0.2) is 42.1 Å². The summed E-state index contributed by atoms with van der Waals surface area (Å²) in [4.78, 5) is 0. The van der Waals surface area contributed by atoms with Crippen LogP contribution in [0.25, 0.3) is 5.69 Å². The summed E-state index contributed by atoms with van der Waals surface area (Å²) in [6.07, 6.45) is 14.1. The Morgan fingerprint density at radius 2 is 1.89 bits per heavy atom. The zero-order chi connectivity index (χ0) is 25.1. The van der Waals surface area contributed by atoms with E-state index >= 15 is 0 Å². The van der Waals surface area contributed by atoms with E-state index in [0.29, 0.717) is 16.7 Å². The van der Waals surface area contributed by atoms with Crippen LogP contribution in [0.5, 0.6) is 0 Å². The average molecular weight is 508 g/mol. The predicted octanol–water partition coefficient (Wildman–Crippen LogP) is 7.04. The largest absolute Gasteiger partial charge is 0.393 e. The molecule has 3 fully saturated rings. The van der Waals surface area contributed by atoms with Crippen LogP contribution in [-0.4, -0.2) is 27.5 Å². The molecule has 2 N–H and O–H groups in total. The minimum atomic E-state index is -0.128. The highest BCUT2D eigenvalue weighted by molar-refractivity contribution is 6.30. The van der Waals surface area contributed by atoms with Crippen LogP contribution in [0, 0.1) is 28.6 Å². The van der Waals surface area contributed by atoms with Crippen LogP contribution in [0.4, 0.5) is 0 Å². The van der Waals surface area contributed by atoms with Crippen LogP contribution >= 0.6 is 11.6 Å². The number of aliphatic hydroxyl groups is 1. The van der Waals surface area contributed by atoms with Gasteiger partial charge in [0.15, 0.2) is 0 Å². The molecule has 4 aliphatic carbocycles. The molecule has 0 aliphatic heterocycles. The molecular formula is C31H42ClN3O. The van der Waals surface area contributed by atoms with Gasteiger partial charge in [0.05, 0.1) is 17.5 Å². The third-order valence-electron chi connectivity index (χ3n) is 10.9. The molecule has 0 radical (unpaired) electrons. The minimum Gasteiger partial charge on any atom is -0.393 e. The molecule has 2 aromatic rings. The SMILES string of the molecule is CCNCc1cn(-c2ccc(Cl)cc2)nc1[C@H]1CC[C@H]2[C@@H]3CC=C4C[C@@H](O)CC[C@]4(C)[C@H]3CC[C@]12C. The summed E-state index contributed by atoms with van der Waals surface area (Å²) in [5.74, 6) is 2.82. The van der Waals surface area contributed by atoms with E-state index < -0.39 is 0 Å². The summed E-state index contributed by atoms with van der Waals surface area (Å²) >= 11 is 6.16. The molecule has 0 amide bonds. The number of halogens is 1. The maximum absolute atomic E-state index is 10.3. The summed E-state index contributed by atoms with van der Waals surface area (Å²) < 4.78 is 2.07. The molecule has 0 saturated heterocycles. The zero-order valence-electron chi connectivity index (χ0n) is 22.1. The van der Waals surface area contributed by atoms with Gasteiger partial charge < -0.3 is 10.4 Å². The molecule has 1 aromatic carbocycles. The number of nitrogens with one attached hydrogen (secondary N) is 1. The summed E-state index contributed by atoms with van der Waals surface area (Å²) in [6.45, 7) is 9.12. The topological polar surface area (TPSA) is 50.1 Å². The van der Waals surface area contributed by atoms with Gasteiger partial charge in [-0.3, -0.25) is 0 Å². The van der Waals surface area contributed by atoms with Gasteiger partial charge in [-0.05, 0) is 111 Å². The molecular weight excluding hydrogens is 466 g/mol. The Kier molecular flexibility index (Phi) is 6.37. The Bertz CT molecular complexity index is 1140. The molecule has 7 atom stereocenters. The van der Waals surface area contributed by atoms with Gasteiger partial charge in [-0.1, -0.05) is 44.0 Å². The van der Waals surface area contributed by atoms with Gasteiger partial charge in [-0.25, -0.2) is 4.68 Å². The molecule has 194 valence electrons. The Morgan fingerprint density at radius 3 is 2.67 bits per heavy atom. The standard InChI is InChI=1S/C31H42ClN3O/c1-4-33-18-20-19-35(23-8-6-22(32)7-9-23)34-29(20)28-12-11-26-25-10-5-21-17-24(36)13-15-30(21,2)27(25)14-16-31(26,28)3/h5-9,19,24-28,33,36H,4,10-18H2,1-3H3/t24-,25-,26-,27-,28+,30-,31-/m0/s1. The number of hydrogen-bond donors (Lipinski definition) is 2. The minimum absolute atomic E-state index is 0.128. The number of allylic oxidation sites excluding steroid dienone is 1. The second-order valence-corrected chi connectivity index (χ2v) is 13.0. The average Bonchev–Trinajstić information content (AvgIpc) is 3.44. The first kappa shape index (κ1) is 24.7. The van der Waals surface area contributed by atoms with Crippen LogP contribution < -0.4 is 5.32 Å². The summed E-state index contributed by atoms with van der Waals surface area (Å²) in [5, 5.41) is 19.9. The number of aliphatic hydroxyl groups excluding tert-OH is 1. The number of benzene rings is 1. The monoisotopic (exact) mass is 507 g/mol. The van der Waals surface area contributed by atoms with Crippen molar-refractivity contribution in [3.63, 3.8) is 0 Å². The van der Waals surface area contributed by atoms with Crippen molar-refractivity contribution in [3.8, 4) is 5.69 Å². The van der Waals surface area contributed by atoms with Crippen LogP contribution in [0.1, 0.15) is 89.3 Å². The van der Waals surface area contributed by atoms with Crippen molar-refractivity contribution in [2.24, 2.45) is 28.6 Å². The van der Waals surface area contributed by atoms with Crippen molar-refractivity contribution in [2.45, 2.75) is 90.7 Å². The zero-order valence-corrected chi connectivity index (χ0v) is 22.9. The predicted molar refractivity (Wildman–Crippen MR) is 146 cm³/mol. The van der Waals surface area contributed by atoms with E-state index in [2.05, 4.69) is 55.2 Å². The smallest absolute Gasteiger partial charge is 0.0710 e. The fourth-order valence-corrected chi connectivity index (χ4v) is 9.06. The van der Waals surface area contributed by atoms with Gasteiger partial charge >= 0.3 is 0 Å². The summed E-state index contributed by atoms with van der Waals surface area (Å²) in [6, 6.07) is 8.03. The Balaban J connectivity index is 1.32. The number of aromatic nitrogens is 2. The fraction of sp³-hybridized carbons (Fsp3) is 0.645. The fourth-order valence-electron chi connectivity index (χ4n) is 8.93. The van der Waals surface area contributed by atoms with Crippen molar-refractivity contribution >= 4 is 11.6 Å². The first-order valence-corrected chi connectivity index (χ1v) is 14.6. The van der Waals surface area contributed by atoms with Crippen LogP contribution in [0.3, 0.4) is 0 Å². The van der Waals surface area contributed by atoms with E-state index in [1.54, 1.807) is 5.57 Å². The van der Waals surface area contributed by atoms with E-state index in [1.807, 2.05) is 12.1 Å². The molecule has 1 aromatic heterocycles. The Labute approximate surface area is 221 Å². The third-order valence-corrected chi connectivity index (χ3v) is 11.1. The highest BCUT2D eigenvalue weighted by atomic mass is 35.5. The van der Waals surface area contributed by atoms with E-state index in [0.717, 1.165) is 60.8 Å². The van der Waals surface area contributed by atoms with Crippen LogP contribution in [0.2, 0.25) is 5.02 Å². The number of nitrogens with zero attached hydrogens (tertiary/aromatic N) is 2. The molecule has 36 heavy (non-hydrogen) atoms. The molecule has 4 aliphatic rings. The van der Waals surface area contributed by atoms with E-state index in [4.69, 9.17) is 16.7 Å². The van der Waals surface area contributed by atoms with Gasteiger partial charge in [-0.15, -0.1) is 0 Å². The lowest BCUT2D eigenvalue weighted by Gasteiger charge is -2.58. The quantitative estimate of drug-likeness (QED) is 0.426. The lowest BCUT2D eigenvalue weighted by molar-refractivity contribution is -0.0413. The number of fused-ring (bicyclic) bond motifs is 5. The third kappa shape index (κ3) is 3.90. The lowest BCUT2D eigenvalue weighted by atomic mass is 9.47. The van der Waals surface area contributed by atoms with Crippen molar-refractivity contribution in [1.82, 2.24) is 15.1 Å². The Morgan fingerprint density at radius 1 is 1.08 bits per heavy atom. The number of hydrogen-bond acceptors (Lipinski definition) is 3. The molecule has 0 bridgehead atoms. The van der Waals surface area contributed by atoms with Gasteiger partial charge in [0, 0.05) is 29.2 Å². The van der Waals surface area contributed by atoms with E-state index in [-0.39, 0.29) is 6.10 Å².